The first-order valence-corrected chi connectivity index (χ1v) is 14.3. The molecule has 0 spiro atoms. The number of Topliss-reactive ketones (excluding diaryl/α,β-unsaturated/α-hetero) is 2. The van der Waals surface area contributed by atoms with Crippen LogP contribution in [0.2, 0.25) is 0 Å². The quantitative estimate of drug-likeness (QED) is 0.0889. The van der Waals surface area contributed by atoms with Crippen LogP contribution in [-0.4, -0.2) is 102 Å². The molecule has 0 bridgehead atoms. The van der Waals surface area contributed by atoms with Gasteiger partial charge in [0.05, 0.1) is 32.4 Å². The van der Waals surface area contributed by atoms with Gasteiger partial charge in [-0.1, -0.05) is 13.8 Å². The van der Waals surface area contributed by atoms with Crippen molar-refractivity contribution in [2.75, 3.05) is 66.4 Å². The van der Waals surface area contributed by atoms with Crippen LogP contribution in [0.25, 0.3) is 0 Å². The fraction of sp³-hybridized carbons (Fsp3) is 0.815. The lowest BCUT2D eigenvalue weighted by Gasteiger charge is -2.23. The molecule has 0 aromatic rings. The van der Waals surface area contributed by atoms with Crippen LogP contribution in [0.4, 0.5) is 9.59 Å². The van der Waals surface area contributed by atoms with Crippen molar-refractivity contribution < 1.29 is 42.9 Å². The van der Waals surface area contributed by atoms with Crippen LogP contribution in [0.3, 0.4) is 0 Å². The van der Waals surface area contributed by atoms with Gasteiger partial charge in [-0.25, -0.2) is 9.59 Å². The molecule has 0 saturated heterocycles. The van der Waals surface area contributed by atoms with Crippen LogP contribution in [0, 0.1) is 11.8 Å². The third-order valence-corrected chi connectivity index (χ3v) is 5.97. The first-order chi connectivity index (χ1) is 19.6. The molecule has 2 atom stereocenters. The highest BCUT2D eigenvalue weighted by atomic mass is 16.6. The number of nitrogens with two attached hydrogens (primary N) is 2. The molecule has 0 aliphatic heterocycles. The Hall–Kier alpha value is -2.81. The van der Waals surface area contributed by atoms with E-state index >= 15 is 0 Å². The lowest BCUT2D eigenvalue weighted by Crippen LogP contribution is -2.46. The van der Waals surface area contributed by atoms with Crippen LogP contribution in [0.1, 0.15) is 58.8 Å². The van der Waals surface area contributed by atoms with E-state index in [1.165, 1.54) is 0 Å². The van der Waals surface area contributed by atoms with Crippen LogP contribution < -0.4 is 27.4 Å². The number of carbonyl (C=O) groups is 5. The van der Waals surface area contributed by atoms with Crippen molar-refractivity contribution in [2.24, 2.45) is 23.3 Å². The molecular formula is C27H51N5O9. The minimum absolute atomic E-state index is 0.0160. The van der Waals surface area contributed by atoms with Gasteiger partial charge in [0.15, 0.2) is 11.6 Å². The first kappa shape index (κ1) is 38.2. The number of unbranched alkanes of at least 4 members (excludes halogenated alkanes) is 1. The summed E-state index contributed by atoms with van der Waals surface area (Å²) in [4.78, 5) is 61.6. The van der Waals surface area contributed by atoms with Gasteiger partial charge in [0.1, 0.15) is 6.61 Å². The fourth-order valence-electron chi connectivity index (χ4n) is 3.71. The van der Waals surface area contributed by atoms with E-state index in [0.717, 1.165) is 0 Å². The number of hydrogen-bond donors (Lipinski definition) is 5. The minimum Gasteiger partial charge on any atom is -0.447 e. The lowest BCUT2D eigenvalue weighted by atomic mass is 9.89. The van der Waals surface area contributed by atoms with Gasteiger partial charge in [-0.15, -0.1) is 0 Å². The van der Waals surface area contributed by atoms with Crippen LogP contribution >= 0.6 is 0 Å². The molecule has 2 unspecified atom stereocenters. The average molecular weight is 590 g/mol. The fourth-order valence-corrected chi connectivity index (χ4v) is 3.71. The Morgan fingerprint density at radius 2 is 1.51 bits per heavy atom. The number of ether oxygens (including phenoxy) is 4. The number of amides is 4. The second kappa shape index (κ2) is 24.9. The van der Waals surface area contributed by atoms with Gasteiger partial charge >= 0.3 is 12.1 Å². The Balaban J connectivity index is 4.88. The van der Waals surface area contributed by atoms with Gasteiger partial charge in [0.25, 0.3) is 0 Å². The van der Waals surface area contributed by atoms with Crippen LogP contribution in [-0.2, 0) is 33.3 Å². The maximum Gasteiger partial charge on any atom is 0.407 e. The van der Waals surface area contributed by atoms with Crippen molar-refractivity contribution in [2.45, 2.75) is 64.8 Å². The van der Waals surface area contributed by atoms with Crippen LogP contribution in [0.5, 0.6) is 0 Å². The molecule has 238 valence electrons. The molecule has 4 amide bonds. The molecule has 0 radical (unpaired) electrons. The molecule has 0 aromatic carbocycles. The molecule has 14 nitrogen and oxygen atoms in total. The van der Waals surface area contributed by atoms with E-state index in [1.807, 2.05) is 0 Å². The van der Waals surface area contributed by atoms with Gasteiger partial charge in [-0.05, 0) is 44.6 Å². The Bertz CT molecular complexity index is 767. The first-order valence-electron chi connectivity index (χ1n) is 14.3. The number of hydrogen-bond acceptors (Lipinski definition) is 10. The summed E-state index contributed by atoms with van der Waals surface area (Å²) in [5.41, 5.74) is 10.5. The number of primary amides is 1. The molecule has 0 aliphatic carbocycles. The zero-order chi connectivity index (χ0) is 30.9. The highest BCUT2D eigenvalue weighted by Crippen LogP contribution is 2.16. The van der Waals surface area contributed by atoms with Crippen molar-refractivity contribution in [3.8, 4) is 0 Å². The molecule has 0 fully saturated rings. The summed E-state index contributed by atoms with van der Waals surface area (Å²) in [5, 5.41) is 7.66. The standard InChI is InChI=1S/C27H51N5O9/c1-20(2)24(32-27(37)41-17-16-40-13-7-10-28)23(34)18-21(8-6-11-30-26(29)36)25(35)31-19-22(33)9-4-5-12-39-15-14-38-3/h20-21,24H,4-19,28H2,1-3H3,(H,31,35)(H,32,37)(H3,29,30,36). The zero-order valence-electron chi connectivity index (χ0n) is 24.9. The molecule has 41 heavy (non-hydrogen) atoms. The van der Waals surface area contributed by atoms with E-state index in [0.29, 0.717) is 65.1 Å². The van der Waals surface area contributed by atoms with E-state index in [2.05, 4.69) is 16.0 Å². The van der Waals surface area contributed by atoms with Gasteiger partial charge in [-0.2, -0.15) is 0 Å². The summed E-state index contributed by atoms with van der Waals surface area (Å²) in [5.74, 6) is -1.97. The number of ketones is 2. The number of rotatable bonds is 26. The van der Waals surface area contributed by atoms with Gasteiger partial charge in [-0.3, -0.25) is 14.4 Å². The highest BCUT2D eigenvalue weighted by Gasteiger charge is 2.30. The smallest absolute Gasteiger partial charge is 0.407 e. The zero-order valence-corrected chi connectivity index (χ0v) is 24.9. The topological polar surface area (TPSA) is 210 Å². The Labute approximate surface area is 243 Å². The predicted molar refractivity (Wildman–Crippen MR) is 152 cm³/mol. The molecule has 14 heteroatoms. The number of urea groups is 1. The predicted octanol–water partition coefficient (Wildman–Crippen LogP) is 0.645. The van der Waals surface area contributed by atoms with Crippen molar-refractivity contribution in [1.82, 2.24) is 16.0 Å². The third-order valence-electron chi connectivity index (χ3n) is 5.97. The van der Waals surface area contributed by atoms with Gasteiger partial charge in [0.2, 0.25) is 5.91 Å². The normalized spacial score (nSPS) is 12.4. The van der Waals surface area contributed by atoms with E-state index in [1.54, 1.807) is 21.0 Å². The van der Waals surface area contributed by atoms with Crippen LogP contribution in [0.15, 0.2) is 0 Å². The van der Waals surface area contributed by atoms with E-state index < -0.39 is 30.0 Å². The highest BCUT2D eigenvalue weighted by molar-refractivity contribution is 5.93. The van der Waals surface area contributed by atoms with Crippen molar-refractivity contribution in [3.63, 3.8) is 0 Å². The van der Waals surface area contributed by atoms with Gasteiger partial charge in [0, 0.05) is 45.6 Å². The summed E-state index contributed by atoms with van der Waals surface area (Å²) in [6.07, 6.45) is 2.04. The van der Waals surface area contributed by atoms with E-state index in [4.69, 9.17) is 30.4 Å². The Kier molecular flexibility index (Phi) is 23.2. The summed E-state index contributed by atoms with van der Waals surface area (Å²) in [7, 11) is 1.59. The lowest BCUT2D eigenvalue weighted by molar-refractivity contribution is -0.131. The maximum absolute atomic E-state index is 13.2. The van der Waals surface area contributed by atoms with Crippen molar-refractivity contribution in [1.29, 1.82) is 0 Å². The largest absolute Gasteiger partial charge is 0.447 e. The summed E-state index contributed by atoms with van der Waals surface area (Å²) >= 11 is 0. The summed E-state index contributed by atoms with van der Waals surface area (Å²) in [6, 6.07) is -1.57. The number of methoxy groups -OCH3 is 1. The van der Waals surface area contributed by atoms with Crippen molar-refractivity contribution in [3.05, 3.63) is 0 Å². The average Bonchev–Trinajstić information content (AvgIpc) is 2.92. The van der Waals surface area contributed by atoms with E-state index in [9.17, 15) is 24.0 Å². The van der Waals surface area contributed by atoms with Crippen molar-refractivity contribution >= 4 is 29.6 Å². The molecule has 7 N–H and O–H groups in total. The SMILES string of the molecule is COCCOCCCCC(=O)CNC(=O)C(CCCNC(N)=O)CC(=O)C(NC(=O)OCCOCCCN)C(C)C. The molecule has 0 aromatic heterocycles. The number of nitrogens with one attached hydrogen (secondary N) is 3. The third kappa shape index (κ3) is 21.6. The summed E-state index contributed by atoms with van der Waals surface area (Å²) in [6.45, 7) is 6.32. The maximum atomic E-state index is 13.2. The molecule has 0 saturated carbocycles. The number of alkyl carbamates (subject to hydrolysis) is 1. The Morgan fingerprint density at radius 1 is 0.829 bits per heavy atom. The second-order valence-electron chi connectivity index (χ2n) is 9.88. The van der Waals surface area contributed by atoms with E-state index in [-0.39, 0.29) is 56.6 Å². The van der Waals surface area contributed by atoms with Gasteiger partial charge < -0.3 is 46.4 Å². The molecule has 0 rings (SSSR count). The molecule has 0 heterocycles. The number of carbonyl (C=O) groups excluding carboxylic acids is 5. The second-order valence-corrected chi connectivity index (χ2v) is 9.88. The summed E-state index contributed by atoms with van der Waals surface area (Å²) < 4.78 is 20.6. The molecular weight excluding hydrogens is 538 g/mol. The monoisotopic (exact) mass is 589 g/mol. The molecule has 0 aliphatic rings. The minimum atomic E-state index is -0.882. The Morgan fingerprint density at radius 3 is 2.15 bits per heavy atom.